The topological polar surface area (TPSA) is 38.3 Å². The molecule has 0 heterocycles. The Kier molecular flexibility index (Phi) is 4.61. The van der Waals surface area contributed by atoms with Gasteiger partial charge in [-0.25, -0.2) is 0 Å². The van der Waals surface area contributed by atoms with E-state index in [4.69, 9.17) is 4.74 Å². The number of amides is 1. The third kappa shape index (κ3) is 3.58. The van der Waals surface area contributed by atoms with Crippen LogP contribution in [0.3, 0.4) is 0 Å². The average Bonchev–Trinajstić information content (AvgIpc) is 2.43. The van der Waals surface area contributed by atoms with Crippen LogP contribution in [0.15, 0.2) is 51.4 Å². The average molecular weight is 385 g/mol. The molecule has 2 rings (SSSR count). The highest BCUT2D eigenvalue weighted by atomic mass is 79.9. The van der Waals surface area contributed by atoms with E-state index >= 15 is 0 Å². The van der Waals surface area contributed by atoms with E-state index < -0.39 is 0 Å². The molecule has 2 aromatic rings. The first-order valence-corrected chi connectivity index (χ1v) is 7.09. The molecule has 0 unspecified atom stereocenters. The summed E-state index contributed by atoms with van der Waals surface area (Å²) in [5, 5.41) is 2.83. The van der Waals surface area contributed by atoms with Gasteiger partial charge in [-0.05, 0) is 68.3 Å². The smallest absolute Gasteiger partial charge is 0.255 e. The van der Waals surface area contributed by atoms with Gasteiger partial charge in [0.25, 0.3) is 5.91 Å². The molecule has 3 nitrogen and oxygen atoms in total. The Balaban J connectivity index is 2.18. The van der Waals surface area contributed by atoms with E-state index in [2.05, 4.69) is 37.2 Å². The largest absolute Gasteiger partial charge is 0.497 e. The number of halogens is 2. The summed E-state index contributed by atoms with van der Waals surface area (Å²) in [4.78, 5) is 12.1. The van der Waals surface area contributed by atoms with Crippen LogP contribution < -0.4 is 10.1 Å². The molecule has 98 valence electrons. The van der Waals surface area contributed by atoms with Crippen LogP contribution in [0.2, 0.25) is 0 Å². The molecular weight excluding hydrogens is 374 g/mol. The first-order chi connectivity index (χ1) is 9.10. The van der Waals surface area contributed by atoms with Crippen LogP contribution in [0.5, 0.6) is 5.75 Å². The van der Waals surface area contributed by atoms with Crippen molar-refractivity contribution in [3.8, 4) is 5.75 Å². The molecule has 5 heteroatoms. The third-order valence-corrected chi connectivity index (χ3v) is 4.39. The molecule has 2 aromatic carbocycles. The highest BCUT2D eigenvalue weighted by Gasteiger charge is 2.08. The Bertz CT molecular complexity index is 614. The fourth-order valence-electron chi connectivity index (χ4n) is 1.54. The molecule has 0 atom stereocenters. The zero-order chi connectivity index (χ0) is 13.8. The van der Waals surface area contributed by atoms with Gasteiger partial charge in [0.05, 0.1) is 7.11 Å². The Hall–Kier alpha value is -1.33. The quantitative estimate of drug-likeness (QED) is 0.847. The Morgan fingerprint density at radius 2 is 1.89 bits per heavy atom. The lowest BCUT2D eigenvalue weighted by molar-refractivity contribution is 0.102. The van der Waals surface area contributed by atoms with Crippen LogP contribution in [-0.2, 0) is 0 Å². The lowest BCUT2D eigenvalue weighted by atomic mass is 10.2. The second kappa shape index (κ2) is 6.21. The lowest BCUT2D eigenvalue weighted by Crippen LogP contribution is -2.11. The maximum Gasteiger partial charge on any atom is 0.255 e. The fourth-order valence-corrected chi connectivity index (χ4v) is 2.17. The van der Waals surface area contributed by atoms with E-state index in [1.54, 1.807) is 31.4 Å². The number of rotatable bonds is 3. The Labute approximate surface area is 128 Å². The first-order valence-electron chi connectivity index (χ1n) is 5.50. The molecule has 0 aliphatic carbocycles. The summed E-state index contributed by atoms with van der Waals surface area (Å²) in [5.41, 5.74) is 1.28. The number of nitrogens with one attached hydrogen (secondary N) is 1. The fraction of sp³-hybridized carbons (Fsp3) is 0.0714. The van der Waals surface area contributed by atoms with Crippen molar-refractivity contribution in [3.05, 3.63) is 57.0 Å². The van der Waals surface area contributed by atoms with Crippen molar-refractivity contribution in [2.75, 3.05) is 12.4 Å². The first kappa shape index (κ1) is 14.1. The number of hydrogen-bond donors (Lipinski definition) is 1. The molecule has 0 bridgehead atoms. The summed E-state index contributed by atoms with van der Waals surface area (Å²) in [6.45, 7) is 0. The minimum atomic E-state index is -0.173. The highest BCUT2D eigenvalue weighted by Crippen LogP contribution is 2.26. The SMILES string of the molecule is COc1cccc(C(=O)Nc2ccc(Br)c(Br)c2)c1. The maximum absolute atomic E-state index is 12.1. The van der Waals surface area contributed by atoms with Gasteiger partial charge in [0, 0.05) is 20.2 Å². The molecule has 0 spiro atoms. The molecule has 1 N–H and O–H groups in total. The van der Waals surface area contributed by atoms with Gasteiger partial charge in [-0.15, -0.1) is 0 Å². The van der Waals surface area contributed by atoms with Crippen LogP contribution in [-0.4, -0.2) is 13.0 Å². The number of carbonyl (C=O) groups excluding carboxylic acids is 1. The lowest BCUT2D eigenvalue weighted by Gasteiger charge is -2.07. The van der Waals surface area contributed by atoms with Crippen LogP contribution in [0, 0.1) is 0 Å². The van der Waals surface area contributed by atoms with Crippen LogP contribution in [0.1, 0.15) is 10.4 Å². The van der Waals surface area contributed by atoms with Crippen molar-refractivity contribution >= 4 is 43.5 Å². The van der Waals surface area contributed by atoms with Crippen molar-refractivity contribution in [3.63, 3.8) is 0 Å². The normalized spacial score (nSPS) is 10.1. The van der Waals surface area contributed by atoms with E-state index in [9.17, 15) is 4.79 Å². The molecule has 19 heavy (non-hydrogen) atoms. The van der Waals surface area contributed by atoms with Crippen molar-refractivity contribution in [1.29, 1.82) is 0 Å². The molecular formula is C14H11Br2NO2. The molecule has 0 aromatic heterocycles. The van der Waals surface area contributed by atoms with Crippen molar-refractivity contribution < 1.29 is 9.53 Å². The van der Waals surface area contributed by atoms with Gasteiger partial charge in [0.15, 0.2) is 0 Å². The standard InChI is InChI=1S/C14H11Br2NO2/c1-19-11-4-2-3-9(7-11)14(18)17-10-5-6-12(15)13(16)8-10/h2-8H,1H3,(H,17,18). The molecule has 0 saturated carbocycles. The number of anilines is 1. The molecule has 0 radical (unpaired) electrons. The van der Waals surface area contributed by atoms with Gasteiger partial charge in [-0.2, -0.15) is 0 Å². The van der Waals surface area contributed by atoms with Crippen LogP contribution >= 0.6 is 31.9 Å². The van der Waals surface area contributed by atoms with E-state index in [0.717, 1.165) is 14.6 Å². The number of hydrogen-bond acceptors (Lipinski definition) is 2. The second-order valence-corrected chi connectivity index (χ2v) is 5.52. The summed E-state index contributed by atoms with van der Waals surface area (Å²) in [6.07, 6.45) is 0. The van der Waals surface area contributed by atoms with Gasteiger partial charge in [0.1, 0.15) is 5.75 Å². The van der Waals surface area contributed by atoms with E-state index in [0.29, 0.717) is 11.3 Å². The number of benzene rings is 2. The number of carbonyl (C=O) groups is 1. The van der Waals surface area contributed by atoms with Gasteiger partial charge in [0.2, 0.25) is 0 Å². The molecule has 1 amide bonds. The van der Waals surface area contributed by atoms with Crippen LogP contribution in [0.25, 0.3) is 0 Å². The van der Waals surface area contributed by atoms with Crippen LogP contribution in [0.4, 0.5) is 5.69 Å². The van der Waals surface area contributed by atoms with E-state index in [1.807, 2.05) is 18.2 Å². The van der Waals surface area contributed by atoms with Gasteiger partial charge in [-0.1, -0.05) is 6.07 Å². The highest BCUT2D eigenvalue weighted by molar-refractivity contribution is 9.13. The predicted octanol–water partition coefficient (Wildman–Crippen LogP) is 4.47. The van der Waals surface area contributed by atoms with Gasteiger partial charge >= 0.3 is 0 Å². The van der Waals surface area contributed by atoms with E-state index in [1.165, 1.54) is 0 Å². The minimum absolute atomic E-state index is 0.173. The predicted molar refractivity (Wildman–Crippen MR) is 82.8 cm³/mol. The molecule has 0 fully saturated rings. The summed E-state index contributed by atoms with van der Waals surface area (Å²) in [5.74, 6) is 0.484. The molecule has 0 saturated heterocycles. The zero-order valence-corrected chi connectivity index (χ0v) is 13.3. The summed E-state index contributed by atoms with van der Waals surface area (Å²) >= 11 is 6.78. The van der Waals surface area contributed by atoms with Crippen molar-refractivity contribution in [2.24, 2.45) is 0 Å². The minimum Gasteiger partial charge on any atom is -0.497 e. The Morgan fingerprint density at radius 1 is 1.11 bits per heavy atom. The number of methoxy groups -OCH3 is 1. The number of ether oxygens (including phenoxy) is 1. The van der Waals surface area contributed by atoms with E-state index in [-0.39, 0.29) is 5.91 Å². The molecule has 0 aliphatic rings. The molecule has 0 aliphatic heterocycles. The van der Waals surface area contributed by atoms with Crippen molar-refractivity contribution in [1.82, 2.24) is 0 Å². The zero-order valence-electron chi connectivity index (χ0n) is 10.1. The monoisotopic (exact) mass is 383 g/mol. The summed E-state index contributed by atoms with van der Waals surface area (Å²) < 4.78 is 6.92. The maximum atomic E-state index is 12.1. The Morgan fingerprint density at radius 3 is 2.58 bits per heavy atom. The summed E-state index contributed by atoms with van der Waals surface area (Å²) in [6, 6.07) is 12.5. The van der Waals surface area contributed by atoms with Gasteiger partial charge < -0.3 is 10.1 Å². The van der Waals surface area contributed by atoms with Crippen molar-refractivity contribution in [2.45, 2.75) is 0 Å². The summed E-state index contributed by atoms with van der Waals surface area (Å²) in [7, 11) is 1.57. The second-order valence-electron chi connectivity index (χ2n) is 3.81. The third-order valence-electron chi connectivity index (χ3n) is 2.51. The van der Waals surface area contributed by atoms with Gasteiger partial charge in [-0.3, -0.25) is 4.79 Å².